The van der Waals surface area contributed by atoms with Crippen molar-refractivity contribution in [1.29, 1.82) is 0 Å². The van der Waals surface area contributed by atoms with Gasteiger partial charge < -0.3 is 10.0 Å². The number of hydrogen-bond acceptors (Lipinski definition) is 2. The summed E-state index contributed by atoms with van der Waals surface area (Å²) in [6.45, 7) is 0. The summed E-state index contributed by atoms with van der Waals surface area (Å²) in [6, 6.07) is 33.1. The smallest absolute Gasteiger partial charge is 0.423 e. The third kappa shape index (κ3) is 2.71. The molecule has 4 aromatic carbocycles. The lowest BCUT2D eigenvalue weighted by Crippen LogP contribution is -2.31. The van der Waals surface area contributed by atoms with Crippen LogP contribution in [-0.2, 0) is 5.41 Å². The lowest BCUT2D eigenvalue weighted by molar-refractivity contribution is 0.426. The van der Waals surface area contributed by atoms with E-state index < -0.39 is 12.5 Å². The minimum absolute atomic E-state index is 0.476. The molecule has 0 saturated carbocycles. The fraction of sp³-hybridized carbons (Fsp3) is 0.0400. The molecule has 2 nitrogen and oxygen atoms in total. The second kappa shape index (κ2) is 6.99. The Morgan fingerprint density at radius 3 is 1.83 bits per heavy atom. The van der Waals surface area contributed by atoms with Crippen molar-refractivity contribution in [2.45, 2.75) is 5.41 Å². The first-order valence-electron chi connectivity index (χ1n) is 9.54. The zero-order valence-electron chi connectivity index (χ0n) is 15.6. The summed E-state index contributed by atoms with van der Waals surface area (Å²) in [5.41, 5.74) is 6.86. The van der Waals surface area contributed by atoms with Gasteiger partial charge in [-0.25, -0.2) is 0 Å². The highest BCUT2D eigenvalue weighted by atomic mass is 79.9. The van der Waals surface area contributed by atoms with Crippen LogP contribution in [0.15, 0.2) is 102 Å². The molecule has 0 bridgehead atoms. The van der Waals surface area contributed by atoms with Crippen molar-refractivity contribution >= 4 is 28.5 Å². The van der Waals surface area contributed by atoms with Crippen molar-refractivity contribution in [3.05, 3.63) is 124 Å². The molecule has 0 atom stereocenters. The molecular weight excluding hydrogens is 423 g/mol. The third-order valence-corrected chi connectivity index (χ3v) is 6.33. The number of benzene rings is 4. The van der Waals surface area contributed by atoms with Crippen LogP contribution in [0.2, 0.25) is 0 Å². The zero-order chi connectivity index (χ0) is 20.0. The zero-order valence-corrected chi connectivity index (χ0v) is 17.2. The van der Waals surface area contributed by atoms with Crippen molar-refractivity contribution in [2.24, 2.45) is 0 Å². The van der Waals surface area contributed by atoms with Gasteiger partial charge in [-0.2, -0.15) is 0 Å². The molecule has 140 valence electrons. The molecule has 0 heterocycles. The van der Waals surface area contributed by atoms with Gasteiger partial charge in [-0.15, -0.1) is 0 Å². The molecule has 5 rings (SSSR count). The molecule has 0 unspecified atom stereocenters. The second-order valence-electron chi connectivity index (χ2n) is 7.35. The van der Waals surface area contributed by atoms with Gasteiger partial charge in [-0.3, -0.25) is 0 Å². The van der Waals surface area contributed by atoms with Gasteiger partial charge in [0.1, 0.15) is 0 Å². The van der Waals surface area contributed by atoms with E-state index in [1.54, 1.807) is 0 Å². The molecule has 0 fully saturated rings. The van der Waals surface area contributed by atoms with Crippen LogP contribution < -0.4 is 5.46 Å². The summed E-state index contributed by atoms with van der Waals surface area (Å²) in [5, 5.41) is 19.5. The number of fused-ring (bicyclic) bond motifs is 3. The lowest BCUT2D eigenvalue weighted by atomic mass is 9.67. The van der Waals surface area contributed by atoms with Crippen LogP contribution in [-0.4, -0.2) is 17.2 Å². The molecule has 1 aliphatic rings. The minimum atomic E-state index is -1.50. The Kier molecular flexibility index (Phi) is 4.43. The van der Waals surface area contributed by atoms with Gasteiger partial charge in [0.25, 0.3) is 0 Å². The summed E-state index contributed by atoms with van der Waals surface area (Å²) < 4.78 is 1.02. The van der Waals surface area contributed by atoms with E-state index in [1.807, 2.05) is 36.4 Å². The Hall–Kier alpha value is -2.66. The van der Waals surface area contributed by atoms with Gasteiger partial charge in [-0.1, -0.05) is 101 Å². The molecule has 0 aromatic heterocycles. The minimum Gasteiger partial charge on any atom is -0.423 e. The predicted molar refractivity (Wildman–Crippen MR) is 121 cm³/mol. The molecule has 0 saturated heterocycles. The van der Waals surface area contributed by atoms with Crippen LogP contribution >= 0.6 is 15.9 Å². The van der Waals surface area contributed by atoms with E-state index in [-0.39, 0.29) is 0 Å². The van der Waals surface area contributed by atoms with Crippen LogP contribution in [0.4, 0.5) is 0 Å². The van der Waals surface area contributed by atoms with Crippen molar-refractivity contribution in [2.75, 3.05) is 0 Å². The van der Waals surface area contributed by atoms with Gasteiger partial charge in [0.2, 0.25) is 0 Å². The van der Waals surface area contributed by atoms with E-state index in [9.17, 15) is 10.0 Å². The molecule has 0 radical (unpaired) electrons. The Morgan fingerprint density at radius 2 is 1.24 bits per heavy atom. The van der Waals surface area contributed by atoms with E-state index in [0.717, 1.165) is 21.2 Å². The lowest BCUT2D eigenvalue weighted by Gasteiger charge is -2.34. The largest absolute Gasteiger partial charge is 0.488 e. The third-order valence-electron chi connectivity index (χ3n) is 5.84. The van der Waals surface area contributed by atoms with Crippen LogP contribution in [0.1, 0.15) is 22.3 Å². The van der Waals surface area contributed by atoms with Crippen LogP contribution in [0, 0.1) is 0 Å². The van der Waals surface area contributed by atoms with Crippen LogP contribution in [0.25, 0.3) is 11.1 Å². The van der Waals surface area contributed by atoms with E-state index >= 15 is 0 Å². The summed E-state index contributed by atoms with van der Waals surface area (Å²) >= 11 is 3.66. The average molecular weight is 441 g/mol. The highest BCUT2D eigenvalue weighted by molar-refractivity contribution is 9.10. The molecule has 1 aliphatic carbocycles. The Bertz CT molecular complexity index is 1150. The molecular formula is C25H18BBrO2. The highest BCUT2D eigenvalue weighted by Crippen LogP contribution is 2.56. The quantitative estimate of drug-likeness (QED) is 0.406. The van der Waals surface area contributed by atoms with E-state index in [1.165, 1.54) is 16.7 Å². The Labute approximate surface area is 178 Å². The molecule has 29 heavy (non-hydrogen) atoms. The number of halogens is 1. The topological polar surface area (TPSA) is 40.5 Å². The molecule has 0 spiro atoms. The SMILES string of the molecule is OB(O)c1ccc2c(c1)-c1ccc(Br)cc1C2(c1ccccc1)c1ccccc1. The van der Waals surface area contributed by atoms with Crippen molar-refractivity contribution in [3.63, 3.8) is 0 Å². The number of hydrogen-bond donors (Lipinski definition) is 2. The van der Waals surface area contributed by atoms with E-state index in [0.29, 0.717) is 5.46 Å². The summed E-state index contributed by atoms with van der Waals surface area (Å²) in [5.74, 6) is 0. The normalized spacial score (nSPS) is 13.6. The van der Waals surface area contributed by atoms with Crippen molar-refractivity contribution in [3.8, 4) is 11.1 Å². The number of rotatable bonds is 3. The Morgan fingerprint density at radius 1 is 0.621 bits per heavy atom. The average Bonchev–Trinajstić information content (AvgIpc) is 3.04. The Balaban J connectivity index is 1.95. The van der Waals surface area contributed by atoms with Gasteiger partial charge in [0.05, 0.1) is 5.41 Å². The van der Waals surface area contributed by atoms with Crippen LogP contribution in [0.5, 0.6) is 0 Å². The second-order valence-corrected chi connectivity index (χ2v) is 8.27. The van der Waals surface area contributed by atoms with E-state index in [2.05, 4.69) is 76.6 Å². The molecule has 4 aromatic rings. The molecule has 0 amide bonds. The summed E-state index contributed by atoms with van der Waals surface area (Å²) in [6.07, 6.45) is 0. The fourth-order valence-corrected chi connectivity index (χ4v) is 5.01. The first-order chi connectivity index (χ1) is 14.1. The first kappa shape index (κ1) is 18.4. The maximum atomic E-state index is 9.76. The maximum Gasteiger partial charge on any atom is 0.488 e. The fourth-order valence-electron chi connectivity index (χ4n) is 4.64. The van der Waals surface area contributed by atoms with Gasteiger partial charge in [-0.05, 0) is 51.0 Å². The monoisotopic (exact) mass is 440 g/mol. The standard InChI is InChI=1S/C25H18BBrO2/c27-20-12-13-21-22-15-19(26(28)29)11-14-23(22)25(24(21)16-20,17-7-3-1-4-8-17)18-9-5-2-6-10-18/h1-16,28-29H. The van der Waals surface area contributed by atoms with Crippen molar-refractivity contribution < 1.29 is 10.0 Å². The summed E-state index contributed by atoms with van der Waals surface area (Å²) in [7, 11) is -1.50. The maximum absolute atomic E-state index is 9.76. The molecule has 0 aliphatic heterocycles. The van der Waals surface area contributed by atoms with E-state index in [4.69, 9.17) is 0 Å². The summed E-state index contributed by atoms with van der Waals surface area (Å²) in [4.78, 5) is 0. The van der Waals surface area contributed by atoms with Crippen molar-refractivity contribution in [1.82, 2.24) is 0 Å². The van der Waals surface area contributed by atoms with Gasteiger partial charge in [0.15, 0.2) is 0 Å². The highest BCUT2D eigenvalue weighted by Gasteiger charge is 2.46. The van der Waals surface area contributed by atoms with Gasteiger partial charge in [0, 0.05) is 4.47 Å². The predicted octanol–water partition coefficient (Wildman–Crippen LogP) is 4.49. The van der Waals surface area contributed by atoms with Crippen LogP contribution in [0.3, 0.4) is 0 Å². The van der Waals surface area contributed by atoms with Gasteiger partial charge >= 0.3 is 7.12 Å². The molecule has 4 heteroatoms. The first-order valence-corrected chi connectivity index (χ1v) is 10.3. The molecule has 2 N–H and O–H groups in total.